The fourth-order valence-electron chi connectivity index (χ4n) is 4.12. The van der Waals surface area contributed by atoms with Crippen LogP contribution in [-0.4, -0.2) is 46.7 Å². The van der Waals surface area contributed by atoms with Crippen molar-refractivity contribution < 1.29 is 14.4 Å². The molecule has 2 heterocycles. The maximum absolute atomic E-state index is 12.6. The van der Waals surface area contributed by atoms with Crippen LogP contribution in [0.2, 0.25) is 0 Å². The van der Waals surface area contributed by atoms with Gasteiger partial charge in [0.25, 0.3) is 0 Å². The number of carbonyl (C=O) groups is 3. The van der Waals surface area contributed by atoms with Crippen molar-refractivity contribution in [2.75, 3.05) is 13.1 Å². The number of hydrogen-bond donors (Lipinski definition) is 0. The monoisotopic (exact) mass is 338 g/mol. The number of hydrogen-bond acceptors (Lipinski definition) is 3. The number of allylic oxidation sites excluding steroid dienone is 2. The minimum absolute atomic E-state index is 0.0462. The van der Waals surface area contributed by atoms with Gasteiger partial charge in [-0.2, -0.15) is 0 Å². The van der Waals surface area contributed by atoms with Crippen LogP contribution in [0.1, 0.15) is 24.0 Å². The van der Waals surface area contributed by atoms with Gasteiger partial charge in [0.15, 0.2) is 0 Å². The zero-order valence-corrected chi connectivity index (χ0v) is 14.4. The molecule has 5 heteroatoms. The molecule has 2 saturated heterocycles. The zero-order chi connectivity index (χ0) is 17.6. The van der Waals surface area contributed by atoms with Crippen LogP contribution in [0.25, 0.3) is 0 Å². The van der Waals surface area contributed by atoms with Crippen molar-refractivity contribution in [3.63, 3.8) is 0 Å². The quantitative estimate of drug-likeness (QED) is 0.623. The first-order valence-electron chi connectivity index (χ1n) is 8.90. The fourth-order valence-corrected chi connectivity index (χ4v) is 4.12. The van der Waals surface area contributed by atoms with Gasteiger partial charge in [0.2, 0.25) is 17.7 Å². The predicted molar refractivity (Wildman–Crippen MR) is 92.5 cm³/mol. The number of likely N-dealkylation sites (tertiary alicyclic amines) is 2. The van der Waals surface area contributed by atoms with E-state index >= 15 is 0 Å². The number of amides is 3. The average Bonchev–Trinajstić information content (AvgIpc) is 2.79. The molecule has 25 heavy (non-hydrogen) atoms. The first-order chi connectivity index (χ1) is 12.0. The van der Waals surface area contributed by atoms with Crippen LogP contribution in [0.3, 0.4) is 0 Å². The number of rotatable bonds is 3. The van der Waals surface area contributed by atoms with Crippen LogP contribution in [0.15, 0.2) is 36.4 Å². The molecule has 130 valence electrons. The number of fused-ring (bicyclic) bond motifs is 1. The van der Waals surface area contributed by atoms with Gasteiger partial charge < -0.3 is 4.90 Å². The van der Waals surface area contributed by atoms with Gasteiger partial charge in [0.05, 0.1) is 24.3 Å². The molecule has 5 nitrogen and oxygen atoms in total. The Morgan fingerprint density at radius 1 is 1.08 bits per heavy atom. The van der Waals surface area contributed by atoms with E-state index in [9.17, 15) is 14.4 Å². The molecule has 2 atom stereocenters. The summed E-state index contributed by atoms with van der Waals surface area (Å²) < 4.78 is 0. The predicted octanol–water partition coefficient (Wildman–Crippen LogP) is 1.70. The molecule has 1 aromatic rings. The molecule has 1 aromatic carbocycles. The van der Waals surface area contributed by atoms with E-state index in [2.05, 4.69) is 0 Å². The molecule has 0 unspecified atom stereocenters. The van der Waals surface area contributed by atoms with Crippen molar-refractivity contribution in [1.29, 1.82) is 0 Å². The maximum Gasteiger partial charge on any atom is 0.233 e. The lowest BCUT2D eigenvalue weighted by Gasteiger charge is -2.43. The van der Waals surface area contributed by atoms with Gasteiger partial charge in [0.1, 0.15) is 0 Å². The molecular weight excluding hydrogens is 316 g/mol. The molecule has 0 bridgehead atoms. The van der Waals surface area contributed by atoms with Crippen molar-refractivity contribution in [2.45, 2.75) is 32.2 Å². The summed E-state index contributed by atoms with van der Waals surface area (Å²) in [5, 5.41) is 0. The molecule has 1 aliphatic carbocycles. The normalized spacial score (nSPS) is 26.0. The molecule has 2 fully saturated rings. The van der Waals surface area contributed by atoms with Crippen LogP contribution in [0, 0.1) is 18.8 Å². The molecular formula is C20H22N2O3. The summed E-state index contributed by atoms with van der Waals surface area (Å²) in [6.07, 6.45) is 5.68. The highest BCUT2D eigenvalue weighted by Crippen LogP contribution is 2.37. The second-order valence-corrected chi connectivity index (χ2v) is 7.32. The van der Waals surface area contributed by atoms with Crippen LogP contribution < -0.4 is 0 Å². The first kappa shape index (κ1) is 16.1. The summed E-state index contributed by atoms with van der Waals surface area (Å²) in [7, 11) is 0. The molecule has 4 rings (SSSR count). The number of aryl methyl sites for hydroxylation is 1. The van der Waals surface area contributed by atoms with Gasteiger partial charge in [0, 0.05) is 13.1 Å². The highest BCUT2D eigenvalue weighted by Gasteiger charge is 2.52. The van der Waals surface area contributed by atoms with Gasteiger partial charge >= 0.3 is 0 Å². The van der Waals surface area contributed by atoms with E-state index in [0.29, 0.717) is 32.4 Å². The Kier molecular flexibility index (Phi) is 3.94. The summed E-state index contributed by atoms with van der Waals surface area (Å²) in [4.78, 5) is 40.7. The van der Waals surface area contributed by atoms with Crippen LogP contribution in [0.5, 0.6) is 0 Å². The van der Waals surface area contributed by atoms with Crippen LogP contribution >= 0.6 is 0 Å². The third kappa shape index (κ3) is 2.77. The van der Waals surface area contributed by atoms with Crippen LogP contribution in [-0.2, 0) is 20.8 Å². The fraction of sp³-hybridized carbons (Fsp3) is 0.450. The number of benzene rings is 1. The summed E-state index contributed by atoms with van der Waals surface area (Å²) in [5.41, 5.74) is 2.13. The van der Waals surface area contributed by atoms with Gasteiger partial charge in [-0.15, -0.1) is 0 Å². The Morgan fingerprint density at radius 3 is 2.32 bits per heavy atom. The second kappa shape index (κ2) is 6.14. The standard InChI is InChI=1S/C20H22N2O3/c1-13-5-4-6-14(9-13)10-18(23)21-11-15(12-21)22-19(24)16-7-2-3-8-17(16)20(22)25/h2-6,9,15-17H,7-8,10-12H2,1H3/t16-,17-/m0/s1. The maximum atomic E-state index is 12.6. The molecule has 0 radical (unpaired) electrons. The lowest BCUT2D eigenvalue weighted by Crippen LogP contribution is -2.62. The molecule has 0 N–H and O–H groups in total. The minimum atomic E-state index is -0.186. The Morgan fingerprint density at radius 2 is 1.72 bits per heavy atom. The summed E-state index contributed by atoms with van der Waals surface area (Å²) in [6, 6.07) is 7.78. The Bertz CT molecular complexity index is 738. The Balaban J connectivity index is 1.36. The topological polar surface area (TPSA) is 57.7 Å². The SMILES string of the molecule is Cc1cccc(CC(=O)N2CC(N3C(=O)[C@H]4CC=CC[C@@H]4C3=O)C2)c1. The summed E-state index contributed by atoms with van der Waals surface area (Å²) in [6.45, 7) is 2.94. The Hall–Kier alpha value is -2.43. The average molecular weight is 338 g/mol. The smallest absolute Gasteiger partial charge is 0.233 e. The highest BCUT2D eigenvalue weighted by atomic mass is 16.2. The Labute approximate surface area is 147 Å². The summed E-state index contributed by atoms with van der Waals surface area (Å²) in [5.74, 6) is -0.408. The minimum Gasteiger partial charge on any atom is -0.338 e. The lowest BCUT2D eigenvalue weighted by atomic mass is 9.85. The van der Waals surface area contributed by atoms with E-state index in [-0.39, 0.29) is 35.6 Å². The second-order valence-electron chi connectivity index (χ2n) is 7.32. The lowest BCUT2D eigenvalue weighted by molar-refractivity contribution is -0.152. The van der Waals surface area contributed by atoms with Crippen molar-refractivity contribution in [3.05, 3.63) is 47.5 Å². The third-order valence-electron chi connectivity index (χ3n) is 5.56. The third-order valence-corrected chi connectivity index (χ3v) is 5.56. The van der Waals surface area contributed by atoms with Crippen molar-refractivity contribution >= 4 is 17.7 Å². The molecule has 0 spiro atoms. The molecule has 0 saturated carbocycles. The van der Waals surface area contributed by atoms with Crippen molar-refractivity contribution in [3.8, 4) is 0 Å². The molecule has 0 aromatic heterocycles. The van der Waals surface area contributed by atoms with E-state index in [1.807, 2.05) is 43.3 Å². The molecule has 3 amide bonds. The van der Waals surface area contributed by atoms with Gasteiger partial charge in [-0.25, -0.2) is 0 Å². The van der Waals surface area contributed by atoms with E-state index in [1.165, 1.54) is 4.90 Å². The van der Waals surface area contributed by atoms with Gasteiger partial charge in [-0.3, -0.25) is 19.3 Å². The van der Waals surface area contributed by atoms with E-state index in [1.54, 1.807) is 4.90 Å². The van der Waals surface area contributed by atoms with Gasteiger partial charge in [-0.05, 0) is 25.3 Å². The highest BCUT2D eigenvalue weighted by molar-refractivity contribution is 6.06. The van der Waals surface area contributed by atoms with E-state index in [4.69, 9.17) is 0 Å². The van der Waals surface area contributed by atoms with Crippen molar-refractivity contribution in [2.24, 2.45) is 11.8 Å². The number of imide groups is 1. The molecule has 3 aliphatic rings. The first-order valence-corrected chi connectivity index (χ1v) is 8.90. The molecule has 2 aliphatic heterocycles. The van der Waals surface area contributed by atoms with E-state index in [0.717, 1.165) is 11.1 Å². The number of nitrogens with zero attached hydrogens (tertiary/aromatic N) is 2. The van der Waals surface area contributed by atoms with E-state index < -0.39 is 0 Å². The van der Waals surface area contributed by atoms with Crippen molar-refractivity contribution in [1.82, 2.24) is 9.80 Å². The largest absolute Gasteiger partial charge is 0.338 e. The summed E-state index contributed by atoms with van der Waals surface area (Å²) >= 11 is 0. The number of carbonyl (C=O) groups excluding carboxylic acids is 3. The zero-order valence-electron chi connectivity index (χ0n) is 14.4. The van der Waals surface area contributed by atoms with Crippen LogP contribution in [0.4, 0.5) is 0 Å². The van der Waals surface area contributed by atoms with Gasteiger partial charge in [-0.1, -0.05) is 42.0 Å².